The summed E-state index contributed by atoms with van der Waals surface area (Å²) in [5.74, 6) is 1.50. The van der Waals surface area contributed by atoms with Gasteiger partial charge in [-0.25, -0.2) is 9.98 Å². The minimum atomic E-state index is -0.463. The van der Waals surface area contributed by atoms with Crippen LogP contribution in [-0.2, 0) is 0 Å². The Balaban J connectivity index is 1.94. The van der Waals surface area contributed by atoms with Crippen molar-refractivity contribution in [1.29, 1.82) is 0 Å². The summed E-state index contributed by atoms with van der Waals surface area (Å²) in [7, 11) is 0. The maximum atomic E-state index is 6.28. The molecule has 1 aromatic heterocycles. The minimum Gasteiger partial charge on any atom is -0.338 e. The number of benzene rings is 1. The number of H-pyrrole nitrogens is 1. The van der Waals surface area contributed by atoms with E-state index in [1.54, 1.807) is 6.33 Å². The number of alkyl halides is 1. The van der Waals surface area contributed by atoms with Crippen LogP contribution < -0.4 is 10.2 Å². The number of aromatic amines is 1. The van der Waals surface area contributed by atoms with Gasteiger partial charge in [-0.1, -0.05) is 29.3 Å². The Kier molecular flexibility index (Phi) is 3.54. The third-order valence-corrected chi connectivity index (χ3v) is 3.62. The van der Waals surface area contributed by atoms with Gasteiger partial charge in [0.15, 0.2) is 5.84 Å². The second-order valence-electron chi connectivity index (χ2n) is 4.31. The van der Waals surface area contributed by atoms with Gasteiger partial charge in [-0.2, -0.15) is 0 Å². The summed E-state index contributed by atoms with van der Waals surface area (Å²) < 4.78 is 0. The third kappa shape index (κ3) is 2.34. The van der Waals surface area contributed by atoms with Gasteiger partial charge in [-0.15, -0.1) is 0 Å². The van der Waals surface area contributed by atoms with Crippen molar-refractivity contribution in [2.45, 2.75) is 12.5 Å². The molecule has 0 aliphatic carbocycles. The lowest BCUT2D eigenvalue weighted by molar-refractivity contribution is 0.766. The van der Waals surface area contributed by atoms with Crippen LogP contribution in [0.5, 0.6) is 0 Å². The van der Waals surface area contributed by atoms with Gasteiger partial charge in [0, 0.05) is 17.3 Å². The smallest absolute Gasteiger partial charge is 0.201 e. The van der Waals surface area contributed by atoms with Gasteiger partial charge in [-0.05, 0) is 25.1 Å². The first kappa shape index (κ1) is 13.3. The molecule has 0 fully saturated rings. The molecule has 1 unspecified atom stereocenters. The van der Waals surface area contributed by atoms with E-state index < -0.39 is 5.62 Å². The molecule has 1 aliphatic heterocycles. The Morgan fingerprint density at radius 2 is 2.30 bits per heavy atom. The van der Waals surface area contributed by atoms with E-state index in [2.05, 4.69) is 20.3 Å². The van der Waals surface area contributed by atoms with E-state index in [1.165, 1.54) is 0 Å². The van der Waals surface area contributed by atoms with Gasteiger partial charge in [0.25, 0.3) is 0 Å². The maximum absolute atomic E-state index is 6.28. The summed E-state index contributed by atoms with van der Waals surface area (Å²) in [5, 5.41) is 3.87. The average Bonchev–Trinajstić information content (AvgIpc) is 2.88. The Hall–Kier alpha value is -1.72. The molecule has 0 spiro atoms. The molecule has 0 saturated heterocycles. The predicted molar refractivity (Wildman–Crippen MR) is 82.9 cm³/mol. The van der Waals surface area contributed by atoms with Crippen LogP contribution in [0.25, 0.3) is 0 Å². The predicted octanol–water partition coefficient (Wildman–Crippen LogP) is 3.28. The number of halogens is 2. The van der Waals surface area contributed by atoms with Crippen molar-refractivity contribution in [1.82, 2.24) is 9.97 Å². The molecule has 0 bridgehead atoms. The van der Waals surface area contributed by atoms with Crippen LogP contribution in [0.3, 0.4) is 0 Å². The van der Waals surface area contributed by atoms with Crippen LogP contribution in [-0.4, -0.2) is 28.0 Å². The van der Waals surface area contributed by atoms with E-state index in [1.807, 2.05) is 36.1 Å². The number of hydrogen-bond donors (Lipinski definition) is 2. The van der Waals surface area contributed by atoms with Crippen LogP contribution in [0, 0.1) is 0 Å². The molecule has 20 heavy (non-hydrogen) atoms. The lowest BCUT2D eigenvalue weighted by atomic mass is 10.2. The molecule has 104 valence electrons. The third-order valence-electron chi connectivity index (χ3n) is 3.05. The summed E-state index contributed by atoms with van der Waals surface area (Å²) in [6, 6.07) is 7.43. The zero-order chi connectivity index (χ0) is 14.1. The van der Waals surface area contributed by atoms with Crippen molar-refractivity contribution in [3.8, 4) is 0 Å². The molecule has 0 amide bonds. The number of rotatable bonds is 2. The van der Waals surface area contributed by atoms with Crippen molar-refractivity contribution >= 4 is 40.5 Å². The normalized spacial score (nSPS) is 17.6. The molecule has 7 heteroatoms. The maximum Gasteiger partial charge on any atom is 0.201 e. The minimum absolute atomic E-state index is 0.463. The van der Waals surface area contributed by atoms with E-state index in [4.69, 9.17) is 23.2 Å². The molecule has 0 saturated carbocycles. The largest absolute Gasteiger partial charge is 0.338 e. The molecule has 3 rings (SSSR count). The number of fused-ring (bicyclic) bond motifs is 1. The fourth-order valence-electron chi connectivity index (χ4n) is 2.13. The number of aliphatic imine (C=N–C) groups is 1. The summed E-state index contributed by atoms with van der Waals surface area (Å²) in [6.45, 7) is 2.77. The molecule has 1 atom stereocenters. The zero-order valence-electron chi connectivity index (χ0n) is 10.8. The van der Waals surface area contributed by atoms with Gasteiger partial charge in [0.1, 0.15) is 11.5 Å². The summed E-state index contributed by atoms with van der Waals surface area (Å²) >= 11 is 12.3. The van der Waals surface area contributed by atoms with E-state index in [-0.39, 0.29) is 0 Å². The molecule has 2 aromatic rings. The molecular weight excluding hydrogens is 297 g/mol. The molecule has 2 heterocycles. The average molecular weight is 310 g/mol. The molecule has 2 N–H and O–H groups in total. The highest BCUT2D eigenvalue weighted by atomic mass is 35.5. The van der Waals surface area contributed by atoms with Crippen molar-refractivity contribution in [2.75, 3.05) is 16.8 Å². The Labute approximate surface area is 126 Å². The quantitative estimate of drug-likeness (QED) is 0.661. The van der Waals surface area contributed by atoms with Crippen molar-refractivity contribution in [3.63, 3.8) is 0 Å². The molecule has 1 aromatic carbocycles. The number of amidine groups is 1. The molecular formula is C13H13Cl2N5. The van der Waals surface area contributed by atoms with Gasteiger partial charge in [-0.3, -0.25) is 0 Å². The van der Waals surface area contributed by atoms with Crippen molar-refractivity contribution in [3.05, 3.63) is 41.3 Å². The first-order valence-electron chi connectivity index (χ1n) is 6.24. The summed E-state index contributed by atoms with van der Waals surface area (Å²) in [4.78, 5) is 13.8. The number of imidazole rings is 1. The van der Waals surface area contributed by atoms with E-state index in [0.29, 0.717) is 10.9 Å². The number of anilines is 2. The first-order valence-corrected chi connectivity index (χ1v) is 7.05. The van der Waals surface area contributed by atoms with Gasteiger partial charge >= 0.3 is 0 Å². The molecule has 0 radical (unpaired) electrons. The SMILES string of the molecule is CCN1c2[nH]cnc2C(Nc2cccc(Cl)c2)=NC1Cl. The molecule has 1 aliphatic rings. The highest BCUT2D eigenvalue weighted by molar-refractivity contribution is 6.31. The fraction of sp³-hybridized carbons (Fsp3) is 0.231. The first-order chi connectivity index (χ1) is 9.69. The Morgan fingerprint density at radius 3 is 3.05 bits per heavy atom. The van der Waals surface area contributed by atoms with Gasteiger partial charge in [0.2, 0.25) is 5.62 Å². The van der Waals surface area contributed by atoms with E-state index in [9.17, 15) is 0 Å². The topological polar surface area (TPSA) is 56.3 Å². The van der Waals surface area contributed by atoms with Crippen molar-refractivity contribution in [2.24, 2.45) is 4.99 Å². The summed E-state index contributed by atoms with van der Waals surface area (Å²) in [5.41, 5.74) is 1.14. The Bertz CT molecular complexity index is 652. The number of hydrogen-bond acceptors (Lipinski definition) is 4. The highest BCUT2D eigenvalue weighted by Crippen LogP contribution is 2.27. The van der Waals surface area contributed by atoms with Crippen LogP contribution >= 0.6 is 23.2 Å². The standard InChI is InChI=1S/C13H13Cl2N5/c1-2-20-12-10(16-7-17-12)11(19-13(20)15)18-9-5-3-4-8(14)6-9/h3-7,13H,2H2,1H3,(H,16,17)(H,18,19). The fourth-order valence-corrected chi connectivity index (χ4v) is 2.65. The van der Waals surface area contributed by atoms with Gasteiger partial charge < -0.3 is 15.2 Å². The second kappa shape index (κ2) is 5.34. The van der Waals surface area contributed by atoms with Crippen molar-refractivity contribution < 1.29 is 0 Å². The number of nitrogens with one attached hydrogen (secondary N) is 2. The lowest BCUT2D eigenvalue weighted by Gasteiger charge is -2.29. The van der Waals surface area contributed by atoms with E-state index >= 15 is 0 Å². The number of aromatic nitrogens is 2. The van der Waals surface area contributed by atoms with Gasteiger partial charge in [0.05, 0.1) is 6.33 Å². The summed E-state index contributed by atoms with van der Waals surface area (Å²) in [6.07, 6.45) is 1.64. The lowest BCUT2D eigenvalue weighted by Crippen LogP contribution is -2.37. The molecule has 5 nitrogen and oxygen atoms in total. The Morgan fingerprint density at radius 1 is 1.45 bits per heavy atom. The van der Waals surface area contributed by atoms with Crippen LogP contribution in [0.2, 0.25) is 5.02 Å². The number of nitrogens with zero attached hydrogens (tertiary/aromatic N) is 3. The van der Waals surface area contributed by atoms with E-state index in [0.717, 1.165) is 23.7 Å². The second-order valence-corrected chi connectivity index (χ2v) is 5.14. The van der Waals surface area contributed by atoms with Crippen LogP contribution in [0.4, 0.5) is 11.5 Å². The highest BCUT2D eigenvalue weighted by Gasteiger charge is 2.27. The van der Waals surface area contributed by atoms with Crippen LogP contribution in [0.15, 0.2) is 35.6 Å². The zero-order valence-corrected chi connectivity index (χ0v) is 12.3. The van der Waals surface area contributed by atoms with Crippen LogP contribution in [0.1, 0.15) is 12.6 Å². The monoisotopic (exact) mass is 309 g/mol.